The van der Waals surface area contributed by atoms with Gasteiger partial charge in [0.1, 0.15) is 42.3 Å². The second kappa shape index (κ2) is 26.4. The Hall–Kier alpha value is -5.59. The summed E-state index contributed by atoms with van der Waals surface area (Å²) in [5, 5.41) is 16.4. The summed E-state index contributed by atoms with van der Waals surface area (Å²) in [5.41, 5.74) is 0.710. The van der Waals surface area contributed by atoms with Crippen molar-refractivity contribution in [3.8, 4) is 0 Å². The first-order valence-electron chi connectivity index (χ1n) is 24.5. The number of nitrogens with zero attached hydrogens (tertiary/aromatic N) is 7. The molecule has 2 heterocycles. The number of piperidine rings is 1. The van der Waals surface area contributed by atoms with Gasteiger partial charge in [0, 0.05) is 74.8 Å². The minimum atomic E-state index is -1.54. The van der Waals surface area contributed by atoms with Gasteiger partial charge in [-0.25, -0.2) is 0 Å². The zero-order valence-electron chi connectivity index (χ0n) is 43.4. The molecule has 0 bridgehead atoms. The van der Waals surface area contributed by atoms with Gasteiger partial charge in [0.2, 0.25) is 53.2 Å². The van der Waals surface area contributed by atoms with Gasteiger partial charge in [0.15, 0.2) is 0 Å². The fourth-order valence-corrected chi connectivity index (χ4v) is 8.78. The molecule has 1 aromatic rings. The number of benzene rings is 1. The fourth-order valence-electron chi connectivity index (χ4n) is 8.78. The number of nitrogens with one attached hydrogen (secondary N) is 2. The van der Waals surface area contributed by atoms with Crippen molar-refractivity contribution in [1.29, 1.82) is 0 Å². The summed E-state index contributed by atoms with van der Waals surface area (Å²) in [6, 6.07) is 0.494. The molecule has 0 radical (unpaired) electrons. The van der Waals surface area contributed by atoms with Crippen LogP contribution in [0.15, 0.2) is 30.3 Å². The average molecular weight is 968 g/mol. The molecule has 9 amide bonds. The molecule has 2 aliphatic rings. The Balaban J connectivity index is 2.17. The van der Waals surface area contributed by atoms with E-state index in [9.17, 15) is 48.3 Å². The fraction of sp³-hybridized carbons (Fsp3) is 0.700. The van der Waals surface area contributed by atoms with Gasteiger partial charge in [-0.15, -0.1) is 0 Å². The molecule has 0 saturated carbocycles. The maximum absolute atomic E-state index is 14.9. The van der Waals surface area contributed by atoms with Gasteiger partial charge >= 0.3 is 0 Å². The third kappa shape index (κ3) is 15.7. The van der Waals surface area contributed by atoms with E-state index in [0.717, 1.165) is 24.2 Å². The molecule has 2 saturated heterocycles. The van der Waals surface area contributed by atoms with Crippen molar-refractivity contribution in [2.75, 3.05) is 61.9 Å². The Morgan fingerprint density at radius 3 is 1.65 bits per heavy atom. The molecular formula is C50H81N9O10. The highest BCUT2D eigenvalue weighted by atomic mass is 16.3. The predicted molar refractivity (Wildman–Crippen MR) is 261 cm³/mol. The van der Waals surface area contributed by atoms with Gasteiger partial charge in [-0.05, 0) is 76.7 Å². The van der Waals surface area contributed by atoms with Crippen LogP contribution in [0.25, 0.3) is 0 Å². The molecule has 386 valence electrons. The second-order valence-corrected chi connectivity index (χ2v) is 19.9. The van der Waals surface area contributed by atoms with E-state index in [4.69, 9.17) is 0 Å². The van der Waals surface area contributed by atoms with Crippen LogP contribution in [0, 0.1) is 11.8 Å². The quantitative estimate of drug-likeness (QED) is 0.341. The number of aliphatic hydroxyl groups excluding tert-OH is 1. The molecule has 2 aliphatic heterocycles. The minimum Gasteiger partial charge on any atom is -0.391 e. The van der Waals surface area contributed by atoms with Crippen molar-refractivity contribution < 1.29 is 48.3 Å². The van der Waals surface area contributed by atoms with E-state index < -0.39 is 108 Å². The van der Waals surface area contributed by atoms with Gasteiger partial charge in [-0.2, -0.15) is 0 Å². The Bertz CT molecular complexity index is 1960. The third-order valence-corrected chi connectivity index (χ3v) is 13.6. The van der Waals surface area contributed by atoms with Crippen molar-refractivity contribution in [2.45, 2.75) is 155 Å². The first-order valence-corrected chi connectivity index (χ1v) is 24.5. The second-order valence-electron chi connectivity index (χ2n) is 19.9. The molecule has 69 heavy (non-hydrogen) atoms. The Kier molecular flexibility index (Phi) is 22.1. The normalized spacial score (nSPS) is 26.4. The first-order chi connectivity index (χ1) is 32.3. The van der Waals surface area contributed by atoms with Crippen LogP contribution in [-0.4, -0.2) is 203 Å². The van der Waals surface area contributed by atoms with Crippen LogP contribution >= 0.6 is 0 Å². The van der Waals surface area contributed by atoms with Crippen LogP contribution in [0.1, 0.15) is 105 Å². The summed E-state index contributed by atoms with van der Waals surface area (Å²) in [6.45, 7) is 12.8. The standard InChI is InChI=1S/C50H81N9O10/c1-31(2)27-38-45(64)52-43(35(7)60)50(69)55(10)34(6)47(66)58(13)40(28-32(3)4)49(68)57(12)39(29-36-21-16-14-17-22-36)44(63)51-37(48(67)59-25-18-15-19-26-59)30-42(62)53(8)24-20-23-41(61)54(9)33(5)46(65)56(38)11/h14,16-17,21-22,31-35,37-40,43,60H,15,18-20,23-30H2,1-13H3,(H,51,63)(H,52,64)/t33-,34-,35+,37-,38-,39-,40-,43-/m0/s1. The smallest absolute Gasteiger partial charge is 0.248 e. The number of aliphatic hydroxyl groups is 1. The summed E-state index contributed by atoms with van der Waals surface area (Å²) in [6.07, 6.45) is 1.16. The number of rotatable bonds is 8. The van der Waals surface area contributed by atoms with Crippen molar-refractivity contribution in [3.05, 3.63) is 35.9 Å². The largest absolute Gasteiger partial charge is 0.391 e. The highest BCUT2D eigenvalue weighted by molar-refractivity contribution is 5.98. The summed E-state index contributed by atoms with van der Waals surface area (Å²) in [4.78, 5) is 137. The summed E-state index contributed by atoms with van der Waals surface area (Å²) < 4.78 is 0. The number of amides is 9. The number of carbonyl (C=O) groups is 9. The number of likely N-dealkylation sites (tertiary alicyclic amines) is 1. The summed E-state index contributed by atoms with van der Waals surface area (Å²) in [7, 11) is 8.71. The third-order valence-electron chi connectivity index (χ3n) is 13.6. The van der Waals surface area contributed by atoms with E-state index in [-0.39, 0.29) is 50.5 Å². The maximum Gasteiger partial charge on any atom is 0.248 e. The monoisotopic (exact) mass is 968 g/mol. The van der Waals surface area contributed by atoms with E-state index in [2.05, 4.69) is 10.6 Å². The Labute approximate surface area is 409 Å². The van der Waals surface area contributed by atoms with Crippen molar-refractivity contribution in [2.24, 2.45) is 11.8 Å². The molecule has 3 N–H and O–H groups in total. The van der Waals surface area contributed by atoms with E-state index in [1.807, 2.05) is 33.8 Å². The van der Waals surface area contributed by atoms with Crippen molar-refractivity contribution in [3.63, 3.8) is 0 Å². The lowest BCUT2D eigenvalue weighted by Crippen LogP contribution is -2.62. The molecule has 0 aromatic heterocycles. The number of carbonyl (C=O) groups excluding carboxylic acids is 9. The van der Waals surface area contributed by atoms with E-state index >= 15 is 0 Å². The molecule has 0 spiro atoms. The van der Waals surface area contributed by atoms with Crippen LogP contribution in [0.4, 0.5) is 0 Å². The lowest BCUT2D eigenvalue weighted by atomic mass is 9.98. The molecule has 0 aliphatic carbocycles. The Morgan fingerprint density at radius 2 is 1.10 bits per heavy atom. The predicted octanol–water partition coefficient (Wildman–Crippen LogP) is 1.50. The van der Waals surface area contributed by atoms with Crippen LogP contribution in [0.3, 0.4) is 0 Å². The number of hydrogen-bond donors (Lipinski definition) is 3. The molecule has 0 unspecified atom stereocenters. The summed E-state index contributed by atoms with van der Waals surface area (Å²) in [5.74, 6) is -5.50. The van der Waals surface area contributed by atoms with E-state index in [1.165, 1.54) is 80.5 Å². The van der Waals surface area contributed by atoms with Gasteiger partial charge in [0.25, 0.3) is 0 Å². The van der Waals surface area contributed by atoms with E-state index in [0.29, 0.717) is 18.7 Å². The van der Waals surface area contributed by atoms with Crippen LogP contribution in [0.5, 0.6) is 0 Å². The molecular weight excluding hydrogens is 887 g/mol. The van der Waals surface area contributed by atoms with Crippen molar-refractivity contribution >= 4 is 53.2 Å². The highest BCUT2D eigenvalue weighted by Gasteiger charge is 2.42. The maximum atomic E-state index is 14.9. The van der Waals surface area contributed by atoms with Crippen LogP contribution in [0.2, 0.25) is 0 Å². The zero-order chi connectivity index (χ0) is 52.0. The van der Waals surface area contributed by atoms with Gasteiger partial charge < -0.3 is 50.0 Å². The molecule has 3 rings (SSSR count). The van der Waals surface area contributed by atoms with Gasteiger partial charge in [-0.1, -0.05) is 58.0 Å². The zero-order valence-corrected chi connectivity index (χ0v) is 43.4. The molecule has 1 aromatic carbocycles. The lowest BCUT2D eigenvalue weighted by Gasteiger charge is -2.38. The first kappa shape index (κ1) is 57.7. The van der Waals surface area contributed by atoms with Crippen molar-refractivity contribution in [1.82, 2.24) is 44.9 Å². The number of likely N-dealkylation sites (N-methyl/N-ethyl adjacent to an activating group) is 5. The number of hydrogen-bond acceptors (Lipinski definition) is 10. The average Bonchev–Trinajstić information content (AvgIpc) is 3.32. The van der Waals surface area contributed by atoms with Gasteiger partial charge in [0.05, 0.1) is 12.5 Å². The summed E-state index contributed by atoms with van der Waals surface area (Å²) >= 11 is 0. The molecule has 19 nitrogen and oxygen atoms in total. The SMILES string of the molecule is CC(C)C[C@H]1C(=O)N[C@@H]([C@@H](C)O)C(=O)N(C)[C@@H](C)C(=O)N(C)[C@@H](CC(C)C)C(=O)N(C)[C@@H](Cc2ccccc2)C(=O)N[C@H](C(=O)N2CCCCC2)CC(=O)N(C)CCCC(=O)N(C)[C@@H](C)C(=O)N1C. The Morgan fingerprint density at radius 1 is 0.594 bits per heavy atom. The van der Waals surface area contributed by atoms with Crippen LogP contribution in [-0.2, 0) is 49.6 Å². The highest BCUT2D eigenvalue weighted by Crippen LogP contribution is 2.21. The topological polar surface area (TPSA) is 221 Å². The lowest BCUT2D eigenvalue weighted by molar-refractivity contribution is -0.153. The minimum absolute atomic E-state index is 0.0278. The molecule has 2 fully saturated rings. The van der Waals surface area contributed by atoms with Crippen LogP contribution < -0.4 is 10.6 Å². The van der Waals surface area contributed by atoms with Gasteiger partial charge in [-0.3, -0.25) is 43.2 Å². The van der Waals surface area contributed by atoms with E-state index in [1.54, 1.807) is 36.2 Å². The molecule has 19 heteroatoms. The molecule has 8 atom stereocenters.